The maximum absolute atomic E-state index is 14.0. The molecule has 5 nitrogen and oxygen atoms in total. The summed E-state index contributed by atoms with van der Waals surface area (Å²) in [6.07, 6.45) is -3.39. The van der Waals surface area contributed by atoms with Crippen molar-refractivity contribution < 1.29 is 22.4 Å². The number of pyridine rings is 1. The fraction of sp³-hybridized carbons (Fsp3) is 0.261. The zero-order valence-electron chi connectivity index (χ0n) is 18.3. The number of carbonyl (C=O) groups excluding carboxylic acids is 1. The van der Waals surface area contributed by atoms with Crippen LogP contribution >= 0.6 is 34.8 Å². The van der Waals surface area contributed by atoms with E-state index in [2.05, 4.69) is 15.3 Å². The third kappa shape index (κ3) is 5.54. The summed E-state index contributed by atoms with van der Waals surface area (Å²) in [5.74, 6) is -1.50. The molecule has 188 valence electrons. The Morgan fingerprint density at radius 2 is 1.81 bits per heavy atom. The van der Waals surface area contributed by atoms with Crippen molar-refractivity contribution in [2.24, 2.45) is 0 Å². The van der Waals surface area contributed by atoms with Crippen molar-refractivity contribution in [2.75, 3.05) is 5.32 Å². The van der Waals surface area contributed by atoms with Crippen LogP contribution in [0.1, 0.15) is 34.5 Å². The summed E-state index contributed by atoms with van der Waals surface area (Å²) >= 11 is 17.9. The van der Waals surface area contributed by atoms with Gasteiger partial charge in [-0.1, -0.05) is 34.8 Å². The first-order valence-corrected chi connectivity index (χ1v) is 14.1. The van der Waals surface area contributed by atoms with E-state index >= 15 is 0 Å². The fourth-order valence-corrected chi connectivity index (χ4v) is 7.60. The number of fused-ring (bicyclic) bond motifs is 1. The largest absolute Gasteiger partial charge is 0.433 e. The van der Waals surface area contributed by atoms with Crippen LogP contribution in [0.5, 0.6) is 0 Å². The molecule has 1 aromatic heterocycles. The van der Waals surface area contributed by atoms with Gasteiger partial charge in [0.1, 0.15) is 26.5 Å². The molecule has 0 radical (unpaired) electrons. The Morgan fingerprint density at radius 1 is 1.11 bits per heavy atom. The molecule has 1 saturated heterocycles. The number of halogens is 7. The molecular formula is C23H17Cl3F4N4OSi. The number of aromatic nitrogens is 1. The summed E-state index contributed by atoms with van der Waals surface area (Å²) < 4.78 is 54.2. The molecule has 0 atom stereocenters. The molecule has 0 spiro atoms. The molecular weight excluding hydrogens is 559 g/mol. The van der Waals surface area contributed by atoms with E-state index in [1.54, 1.807) is 12.1 Å². The van der Waals surface area contributed by atoms with Gasteiger partial charge in [-0.25, -0.2) is 9.37 Å². The average Bonchev–Trinajstić information content (AvgIpc) is 2.82. The quantitative estimate of drug-likeness (QED) is 0.200. The van der Waals surface area contributed by atoms with Gasteiger partial charge in [-0.3, -0.25) is 4.79 Å². The topological polar surface area (TPSA) is 77.8 Å². The van der Waals surface area contributed by atoms with Crippen molar-refractivity contribution in [3.8, 4) is 6.07 Å². The van der Waals surface area contributed by atoms with Crippen LogP contribution in [0.25, 0.3) is 10.9 Å². The fourth-order valence-electron chi connectivity index (χ4n) is 4.20. The zero-order chi connectivity index (χ0) is 26.2. The van der Waals surface area contributed by atoms with Crippen molar-refractivity contribution in [3.05, 3.63) is 68.0 Å². The Kier molecular flexibility index (Phi) is 7.66. The molecule has 1 amide bonds. The minimum atomic E-state index is -4.60. The highest BCUT2D eigenvalue weighted by Crippen LogP contribution is 2.35. The molecule has 2 heterocycles. The van der Waals surface area contributed by atoms with E-state index in [4.69, 9.17) is 40.1 Å². The van der Waals surface area contributed by atoms with Gasteiger partial charge in [0.05, 0.1) is 26.7 Å². The molecule has 0 saturated carbocycles. The number of nitrogens with one attached hydrogen (secondary N) is 2. The van der Waals surface area contributed by atoms with Crippen LogP contribution in [0.2, 0.25) is 27.2 Å². The van der Waals surface area contributed by atoms with Gasteiger partial charge in [0.25, 0.3) is 0 Å². The van der Waals surface area contributed by atoms with Gasteiger partial charge in [-0.05, 0) is 55.3 Å². The average molecular weight is 576 g/mol. The van der Waals surface area contributed by atoms with Gasteiger partial charge in [0.15, 0.2) is 0 Å². The Hall–Kier alpha value is -2.58. The number of alkyl halides is 3. The number of hydrogen-bond acceptors (Lipinski definition) is 4. The molecule has 0 unspecified atom stereocenters. The molecule has 0 bridgehead atoms. The lowest BCUT2D eigenvalue weighted by Gasteiger charge is -2.30. The smallest absolute Gasteiger partial charge is 0.382 e. The van der Waals surface area contributed by atoms with Crippen molar-refractivity contribution in [1.29, 1.82) is 5.26 Å². The SMILES string of the molecule is N#Cc1c(Cl)c(F)cc(C(=O)N[Si@H]2CC[C@@H](Nc3cc(C(F)(F)F)nc4ccc(Cl)cc34)CC2)c1Cl. The van der Waals surface area contributed by atoms with Gasteiger partial charge < -0.3 is 10.3 Å². The number of hydrogen-bond donors (Lipinski definition) is 2. The number of nitriles is 1. The van der Waals surface area contributed by atoms with Crippen LogP contribution in [-0.2, 0) is 6.18 Å². The number of carbonyl (C=O) groups is 1. The summed E-state index contributed by atoms with van der Waals surface area (Å²) in [5, 5.41) is 12.6. The molecule has 1 aliphatic heterocycles. The highest BCUT2D eigenvalue weighted by atomic mass is 35.5. The maximum Gasteiger partial charge on any atom is 0.433 e. The lowest BCUT2D eigenvalue weighted by molar-refractivity contribution is -0.140. The van der Waals surface area contributed by atoms with Gasteiger partial charge in [0, 0.05) is 22.1 Å². The molecule has 36 heavy (non-hydrogen) atoms. The first-order chi connectivity index (χ1) is 17.0. The molecule has 4 rings (SSSR count). The van der Waals surface area contributed by atoms with E-state index in [-0.39, 0.29) is 33.4 Å². The first kappa shape index (κ1) is 26.5. The maximum atomic E-state index is 14.0. The second kappa shape index (κ2) is 10.4. The standard InChI is InChI=1S/C23H17Cl3F4N4OSi/c24-11-1-2-17-13(7-11)18(9-19(33-17)23(28,29)30)32-12-3-5-36(6-4-12)34-22(35)14-8-16(27)21(26)15(10-31)20(14)25/h1-2,7-9,12,36H,3-6H2,(H,32,33)(H,34,35)/t12-,36+. The van der Waals surface area contributed by atoms with Crippen LogP contribution in [0.15, 0.2) is 30.3 Å². The zero-order valence-corrected chi connectivity index (χ0v) is 21.7. The van der Waals surface area contributed by atoms with Crippen molar-refractivity contribution in [2.45, 2.75) is 37.1 Å². The minimum Gasteiger partial charge on any atom is -0.382 e. The Morgan fingerprint density at radius 3 is 2.44 bits per heavy atom. The molecule has 2 aromatic carbocycles. The van der Waals surface area contributed by atoms with Crippen LogP contribution in [0.3, 0.4) is 0 Å². The molecule has 0 aliphatic carbocycles. The van der Waals surface area contributed by atoms with Crippen LogP contribution in [-0.4, -0.2) is 25.9 Å². The highest BCUT2D eigenvalue weighted by Gasteiger charge is 2.34. The van der Waals surface area contributed by atoms with Gasteiger partial charge in [-0.2, -0.15) is 18.4 Å². The Balaban J connectivity index is 1.46. The Labute approximate surface area is 220 Å². The molecule has 13 heteroatoms. The summed E-state index contributed by atoms with van der Waals surface area (Å²) in [5.41, 5.74) is -1.00. The second-order valence-corrected chi connectivity index (χ2v) is 12.4. The lowest BCUT2D eigenvalue weighted by atomic mass is 10.1. The number of rotatable bonds is 4. The van der Waals surface area contributed by atoms with Crippen molar-refractivity contribution >= 4 is 66.3 Å². The number of benzene rings is 2. The third-order valence-electron chi connectivity index (χ3n) is 6.00. The monoisotopic (exact) mass is 574 g/mol. The van der Waals surface area contributed by atoms with Crippen molar-refractivity contribution in [3.63, 3.8) is 0 Å². The summed E-state index contributed by atoms with van der Waals surface area (Å²) in [7, 11) is -1.82. The predicted molar refractivity (Wildman–Crippen MR) is 134 cm³/mol. The summed E-state index contributed by atoms with van der Waals surface area (Å²) in [6, 6.07) is 9.25. The van der Waals surface area contributed by atoms with Gasteiger partial charge in [0.2, 0.25) is 5.91 Å². The van der Waals surface area contributed by atoms with Crippen LogP contribution in [0, 0.1) is 17.1 Å². The Bertz CT molecular complexity index is 1390. The van der Waals surface area contributed by atoms with Gasteiger partial charge in [-0.15, -0.1) is 0 Å². The van der Waals surface area contributed by atoms with Crippen LogP contribution < -0.4 is 10.3 Å². The minimum absolute atomic E-state index is 0.127. The molecule has 1 aliphatic rings. The molecule has 2 N–H and O–H groups in total. The number of amides is 1. The molecule has 3 aromatic rings. The van der Waals surface area contributed by atoms with E-state index < -0.39 is 37.6 Å². The van der Waals surface area contributed by atoms with Crippen molar-refractivity contribution in [1.82, 2.24) is 9.97 Å². The normalized spacial score (nSPS) is 18.1. The first-order valence-electron chi connectivity index (χ1n) is 10.8. The number of anilines is 1. The van der Waals surface area contributed by atoms with E-state index in [9.17, 15) is 22.4 Å². The lowest BCUT2D eigenvalue weighted by Crippen LogP contribution is -2.43. The van der Waals surface area contributed by atoms with Gasteiger partial charge >= 0.3 is 6.18 Å². The summed E-state index contributed by atoms with van der Waals surface area (Å²) in [6.45, 7) is 0. The van der Waals surface area contributed by atoms with Crippen LogP contribution in [0.4, 0.5) is 23.2 Å². The molecule has 1 fully saturated rings. The highest BCUT2D eigenvalue weighted by molar-refractivity contribution is 6.60. The van der Waals surface area contributed by atoms with E-state index in [0.29, 0.717) is 35.3 Å². The third-order valence-corrected chi connectivity index (χ3v) is 9.72. The van der Waals surface area contributed by atoms with E-state index in [1.165, 1.54) is 12.1 Å². The second-order valence-electron chi connectivity index (χ2n) is 8.40. The number of nitrogens with zero attached hydrogens (tertiary/aromatic N) is 2. The van der Waals surface area contributed by atoms with E-state index in [0.717, 1.165) is 12.1 Å². The van der Waals surface area contributed by atoms with E-state index in [1.807, 2.05) is 0 Å². The summed E-state index contributed by atoms with van der Waals surface area (Å²) in [4.78, 5) is 19.4. The predicted octanol–water partition coefficient (Wildman–Crippen LogP) is 6.95.